The number of carbonyl (C=O) groups excluding carboxylic acids is 1. The molecule has 0 bridgehead atoms. The molecule has 1 N–H and O–H groups in total. The van der Waals surface area contributed by atoms with Gasteiger partial charge in [0.05, 0.1) is 20.5 Å². The van der Waals surface area contributed by atoms with Gasteiger partial charge in [0.2, 0.25) is 10.0 Å². The van der Waals surface area contributed by atoms with Crippen LogP contribution in [-0.4, -0.2) is 43.2 Å². The lowest BCUT2D eigenvalue weighted by Gasteiger charge is -2.21. The summed E-state index contributed by atoms with van der Waals surface area (Å²) in [5, 5.41) is 5.96. The van der Waals surface area contributed by atoms with Gasteiger partial charge in [-0.05, 0) is 57.5 Å². The summed E-state index contributed by atoms with van der Waals surface area (Å²) in [6, 6.07) is 10.1. The Morgan fingerprint density at radius 3 is 2.67 bits per heavy atom. The highest BCUT2D eigenvalue weighted by atomic mass is 32.2. The maximum absolute atomic E-state index is 12.7. The minimum atomic E-state index is -3.63. The zero-order valence-corrected chi connectivity index (χ0v) is 19.8. The van der Waals surface area contributed by atoms with E-state index < -0.39 is 10.0 Å². The van der Waals surface area contributed by atoms with Crippen LogP contribution in [0.2, 0.25) is 0 Å². The molecule has 6 nitrogen and oxygen atoms in total. The van der Waals surface area contributed by atoms with E-state index in [1.165, 1.54) is 23.5 Å². The zero-order chi connectivity index (χ0) is 21.9. The molecule has 0 spiro atoms. The number of nitrogens with one attached hydrogen (secondary N) is 1. The summed E-state index contributed by atoms with van der Waals surface area (Å²) >= 11 is 3.29. The first-order valence-electron chi connectivity index (χ1n) is 9.56. The normalized spacial score (nSPS) is 11.9. The molecular formula is C21H25N3O3S3. The molecule has 3 aromatic rings. The molecule has 0 aliphatic rings. The molecule has 0 radical (unpaired) electrons. The number of aromatic nitrogens is 1. The standard InChI is InChI=1S/C21H25N3O3S3/c1-14(2)24(4)30(26,27)18-7-5-6-16(12-18)21(25)22-11-10-17-8-9-20(29-17)19-13-28-15(3)23-19/h5-9,12-14H,10-11H2,1-4H3,(H,22,25). The van der Waals surface area contributed by atoms with E-state index in [-0.39, 0.29) is 16.8 Å². The third kappa shape index (κ3) is 5.15. The lowest BCUT2D eigenvalue weighted by atomic mass is 10.2. The molecule has 9 heteroatoms. The van der Waals surface area contributed by atoms with E-state index in [2.05, 4.69) is 22.4 Å². The predicted octanol–water partition coefficient (Wildman–Crippen LogP) is 4.18. The van der Waals surface area contributed by atoms with Crippen molar-refractivity contribution in [1.82, 2.24) is 14.6 Å². The van der Waals surface area contributed by atoms with Gasteiger partial charge < -0.3 is 5.32 Å². The average Bonchev–Trinajstić information content (AvgIpc) is 3.36. The van der Waals surface area contributed by atoms with Crippen LogP contribution in [0.25, 0.3) is 10.6 Å². The summed E-state index contributed by atoms with van der Waals surface area (Å²) in [6.07, 6.45) is 0.702. The number of hydrogen-bond donors (Lipinski definition) is 1. The Bertz CT molecular complexity index is 1130. The van der Waals surface area contributed by atoms with E-state index >= 15 is 0 Å². The van der Waals surface area contributed by atoms with Gasteiger partial charge in [-0.1, -0.05) is 6.07 Å². The van der Waals surface area contributed by atoms with Crippen molar-refractivity contribution in [2.45, 2.75) is 38.1 Å². The van der Waals surface area contributed by atoms with Gasteiger partial charge >= 0.3 is 0 Å². The van der Waals surface area contributed by atoms with Crippen LogP contribution in [-0.2, 0) is 16.4 Å². The fraction of sp³-hybridized carbons (Fsp3) is 0.333. The lowest BCUT2D eigenvalue weighted by Crippen LogP contribution is -2.33. The number of benzene rings is 1. The minimum Gasteiger partial charge on any atom is -0.352 e. The second-order valence-corrected chi connectivity index (χ2v) is 11.4. The van der Waals surface area contributed by atoms with Gasteiger partial charge in [0.1, 0.15) is 0 Å². The van der Waals surface area contributed by atoms with Crippen LogP contribution in [0.15, 0.2) is 46.7 Å². The van der Waals surface area contributed by atoms with Gasteiger partial charge in [0.25, 0.3) is 5.91 Å². The maximum Gasteiger partial charge on any atom is 0.251 e. The van der Waals surface area contributed by atoms with Gasteiger partial charge in [-0.2, -0.15) is 4.31 Å². The molecule has 3 rings (SSSR count). The molecule has 0 unspecified atom stereocenters. The Morgan fingerprint density at radius 1 is 1.23 bits per heavy atom. The highest BCUT2D eigenvalue weighted by Crippen LogP contribution is 2.29. The van der Waals surface area contributed by atoms with Crippen LogP contribution >= 0.6 is 22.7 Å². The topological polar surface area (TPSA) is 79.4 Å². The number of hydrogen-bond acceptors (Lipinski definition) is 6. The van der Waals surface area contributed by atoms with Crippen molar-refractivity contribution < 1.29 is 13.2 Å². The van der Waals surface area contributed by atoms with E-state index in [9.17, 15) is 13.2 Å². The Morgan fingerprint density at radius 2 is 2.00 bits per heavy atom. The SMILES string of the molecule is Cc1nc(-c2ccc(CCNC(=O)c3cccc(S(=O)(=O)N(C)C(C)C)c3)s2)cs1. The summed E-state index contributed by atoms with van der Waals surface area (Å²) in [5.41, 5.74) is 1.32. The number of thiazole rings is 1. The number of amides is 1. The van der Waals surface area contributed by atoms with Gasteiger partial charge in [-0.15, -0.1) is 22.7 Å². The first-order valence-corrected chi connectivity index (χ1v) is 12.7. The first-order chi connectivity index (χ1) is 14.2. The molecule has 1 amide bonds. The molecule has 0 aliphatic heterocycles. The van der Waals surface area contributed by atoms with Crippen molar-refractivity contribution in [1.29, 1.82) is 0 Å². The molecule has 160 valence electrons. The van der Waals surface area contributed by atoms with Gasteiger partial charge in [0, 0.05) is 35.5 Å². The Labute approximate surface area is 185 Å². The second-order valence-electron chi connectivity index (χ2n) is 7.17. The Kier molecular flexibility index (Phi) is 7.07. The minimum absolute atomic E-state index is 0.118. The number of nitrogens with zero attached hydrogens (tertiary/aromatic N) is 2. The van der Waals surface area contributed by atoms with E-state index in [1.807, 2.05) is 12.3 Å². The lowest BCUT2D eigenvalue weighted by molar-refractivity contribution is 0.0954. The fourth-order valence-electron chi connectivity index (χ4n) is 2.77. The fourth-order valence-corrected chi connectivity index (χ4v) is 5.84. The van der Waals surface area contributed by atoms with Crippen molar-refractivity contribution in [3.05, 3.63) is 57.2 Å². The quantitative estimate of drug-likeness (QED) is 0.543. The van der Waals surface area contributed by atoms with Crippen LogP contribution in [0, 0.1) is 6.92 Å². The smallest absolute Gasteiger partial charge is 0.251 e. The number of carbonyl (C=O) groups is 1. The number of aryl methyl sites for hydroxylation is 1. The van der Waals surface area contributed by atoms with Gasteiger partial charge in [-0.25, -0.2) is 13.4 Å². The summed E-state index contributed by atoms with van der Waals surface area (Å²) in [4.78, 5) is 19.4. The van der Waals surface area contributed by atoms with Crippen molar-refractivity contribution in [3.63, 3.8) is 0 Å². The second kappa shape index (κ2) is 9.38. The van der Waals surface area contributed by atoms with Crippen molar-refractivity contribution in [3.8, 4) is 10.6 Å². The van der Waals surface area contributed by atoms with Crippen LogP contribution in [0.1, 0.15) is 34.1 Å². The van der Waals surface area contributed by atoms with Gasteiger partial charge in [0.15, 0.2) is 0 Å². The molecule has 0 saturated carbocycles. The molecule has 30 heavy (non-hydrogen) atoms. The molecule has 0 aliphatic carbocycles. The highest BCUT2D eigenvalue weighted by molar-refractivity contribution is 7.89. The maximum atomic E-state index is 12.7. The summed E-state index contributed by atoms with van der Waals surface area (Å²) < 4.78 is 26.6. The third-order valence-electron chi connectivity index (χ3n) is 4.69. The zero-order valence-electron chi connectivity index (χ0n) is 17.4. The summed E-state index contributed by atoms with van der Waals surface area (Å²) in [5.74, 6) is -0.286. The number of rotatable bonds is 8. The third-order valence-corrected chi connectivity index (χ3v) is 8.66. The van der Waals surface area contributed by atoms with E-state index in [1.54, 1.807) is 48.7 Å². The molecule has 0 saturated heterocycles. The highest BCUT2D eigenvalue weighted by Gasteiger charge is 2.23. The van der Waals surface area contributed by atoms with Crippen LogP contribution < -0.4 is 5.32 Å². The first kappa shape index (κ1) is 22.6. The Balaban J connectivity index is 1.61. The van der Waals surface area contributed by atoms with Crippen LogP contribution in [0.4, 0.5) is 0 Å². The summed E-state index contributed by atoms with van der Waals surface area (Å²) in [7, 11) is -2.09. The number of thiophene rings is 1. The molecule has 2 aromatic heterocycles. The molecule has 2 heterocycles. The van der Waals surface area contributed by atoms with E-state index in [4.69, 9.17) is 0 Å². The van der Waals surface area contributed by atoms with Crippen LogP contribution in [0.5, 0.6) is 0 Å². The average molecular weight is 464 g/mol. The van der Waals surface area contributed by atoms with Gasteiger partial charge in [-0.3, -0.25) is 4.79 Å². The van der Waals surface area contributed by atoms with Crippen molar-refractivity contribution in [2.75, 3.05) is 13.6 Å². The van der Waals surface area contributed by atoms with Crippen molar-refractivity contribution >= 4 is 38.6 Å². The van der Waals surface area contributed by atoms with Crippen LogP contribution in [0.3, 0.4) is 0 Å². The molecule has 1 aromatic carbocycles. The van der Waals surface area contributed by atoms with E-state index in [0.717, 1.165) is 20.5 Å². The number of sulfonamides is 1. The predicted molar refractivity (Wildman–Crippen MR) is 123 cm³/mol. The van der Waals surface area contributed by atoms with E-state index in [0.29, 0.717) is 18.5 Å². The monoisotopic (exact) mass is 463 g/mol. The molecule has 0 fully saturated rings. The molecular weight excluding hydrogens is 438 g/mol. The summed E-state index contributed by atoms with van der Waals surface area (Å²) in [6.45, 7) is 6.07. The largest absolute Gasteiger partial charge is 0.352 e. The molecule has 0 atom stereocenters. The van der Waals surface area contributed by atoms with Crippen molar-refractivity contribution in [2.24, 2.45) is 0 Å². The Hall–Kier alpha value is -2.07.